The fourth-order valence-electron chi connectivity index (χ4n) is 4.06. The predicted molar refractivity (Wildman–Crippen MR) is 142 cm³/mol. The first-order valence-electron chi connectivity index (χ1n) is 12.1. The number of rotatable bonds is 13. The first-order chi connectivity index (χ1) is 17.7. The van der Waals surface area contributed by atoms with Crippen molar-refractivity contribution in [2.45, 2.75) is 44.9 Å². The number of anilines is 2. The average molecular weight is 505 g/mol. The molecule has 0 aromatic heterocycles. The molecule has 1 heterocycles. The van der Waals surface area contributed by atoms with E-state index in [-0.39, 0.29) is 56.6 Å². The lowest BCUT2D eigenvalue weighted by Crippen LogP contribution is -2.30. The maximum Gasteiger partial charge on any atom is 0.234 e. The first-order valence-corrected chi connectivity index (χ1v) is 12.1. The summed E-state index contributed by atoms with van der Waals surface area (Å²) in [7, 11) is 0. The molecule has 0 spiro atoms. The van der Waals surface area contributed by atoms with Crippen LogP contribution in [-0.4, -0.2) is 37.2 Å². The highest BCUT2D eigenvalue weighted by atomic mass is 16.5. The van der Waals surface area contributed by atoms with E-state index in [1.54, 1.807) is 30.4 Å². The van der Waals surface area contributed by atoms with E-state index >= 15 is 0 Å². The van der Waals surface area contributed by atoms with Crippen molar-refractivity contribution in [3.05, 3.63) is 72.8 Å². The normalized spacial score (nSPS) is 13.3. The predicted octanol–water partition coefficient (Wildman–Crippen LogP) is 4.71. The van der Waals surface area contributed by atoms with Gasteiger partial charge < -0.3 is 19.6 Å². The minimum absolute atomic E-state index is 0.0610. The van der Waals surface area contributed by atoms with Gasteiger partial charge in [0.25, 0.3) is 0 Å². The van der Waals surface area contributed by atoms with Crippen molar-refractivity contribution in [1.82, 2.24) is 0 Å². The Labute approximate surface area is 216 Å². The van der Waals surface area contributed by atoms with E-state index in [1.807, 2.05) is 32.0 Å². The Kier molecular flexibility index (Phi) is 9.00. The molecule has 8 heteroatoms. The monoisotopic (exact) mass is 504 g/mol. The second-order valence-corrected chi connectivity index (χ2v) is 9.09. The minimum atomic E-state index is -0.600. The molecular weight excluding hydrogens is 472 g/mol. The summed E-state index contributed by atoms with van der Waals surface area (Å²) < 4.78 is 11.5. The number of benzene rings is 2. The summed E-state index contributed by atoms with van der Waals surface area (Å²) in [4.78, 5) is 49.3. The smallest absolute Gasteiger partial charge is 0.234 e. The lowest BCUT2D eigenvalue weighted by Gasteiger charge is -2.29. The van der Waals surface area contributed by atoms with Crippen LogP contribution in [0.2, 0.25) is 0 Å². The van der Waals surface area contributed by atoms with Crippen molar-refractivity contribution in [3.8, 4) is 11.5 Å². The molecule has 2 aromatic rings. The molecule has 1 aliphatic rings. The summed E-state index contributed by atoms with van der Waals surface area (Å²) >= 11 is 0. The van der Waals surface area contributed by atoms with Crippen LogP contribution in [0, 0.1) is 0 Å². The Balaban J connectivity index is 2.04. The molecule has 3 rings (SSSR count). The fourth-order valence-corrected chi connectivity index (χ4v) is 4.06. The summed E-state index contributed by atoms with van der Waals surface area (Å²) in [5.74, 6) is 0.0443. The van der Waals surface area contributed by atoms with E-state index in [9.17, 15) is 19.2 Å². The number of carbonyl (C=O) groups excluding carboxylic acids is 4. The molecule has 2 aromatic carbocycles. The van der Waals surface area contributed by atoms with Crippen molar-refractivity contribution in [2.75, 3.05) is 23.4 Å². The standard InChI is InChI=1S/C29H32N2O6/c1-5-16-36-24-11-9-20(18-22(24)30-26(33)8-7-15-32)29(3,4)21-10-12-25(37-17-6-2)23(19-21)31-27(34)13-14-28(31)35/h5-6,9-12,15,18-19H,1-2,7-8,13-14,16-17H2,3-4H3,(H,30,33). The summed E-state index contributed by atoms with van der Waals surface area (Å²) in [6, 6.07) is 10.9. The number of aldehydes is 1. The highest BCUT2D eigenvalue weighted by molar-refractivity contribution is 6.20. The number of nitrogens with zero attached hydrogens (tertiary/aromatic N) is 1. The van der Waals surface area contributed by atoms with Crippen molar-refractivity contribution in [1.29, 1.82) is 0 Å². The molecular formula is C29H32N2O6. The third-order valence-electron chi connectivity index (χ3n) is 6.15. The molecule has 0 aliphatic carbocycles. The average Bonchev–Trinajstić information content (AvgIpc) is 3.22. The van der Waals surface area contributed by atoms with Crippen LogP contribution in [0.25, 0.3) is 0 Å². The quantitative estimate of drug-likeness (QED) is 0.241. The fraction of sp³-hybridized carbons (Fsp3) is 0.310. The zero-order valence-electron chi connectivity index (χ0n) is 21.2. The van der Waals surface area contributed by atoms with E-state index in [2.05, 4.69) is 18.5 Å². The maximum absolute atomic E-state index is 12.5. The van der Waals surface area contributed by atoms with Crippen molar-refractivity contribution >= 4 is 35.4 Å². The van der Waals surface area contributed by atoms with Gasteiger partial charge in [0.1, 0.15) is 31.0 Å². The number of imide groups is 1. The van der Waals surface area contributed by atoms with E-state index in [1.165, 1.54) is 4.90 Å². The van der Waals surface area contributed by atoms with Crippen LogP contribution in [0.1, 0.15) is 50.7 Å². The lowest BCUT2D eigenvalue weighted by atomic mass is 9.77. The van der Waals surface area contributed by atoms with E-state index in [0.29, 0.717) is 29.2 Å². The van der Waals surface area contributed by atoms with E-state index in [4.69, 9.17) is 9.47 Å². The number of hydrogen-bond donors (Lipinski definition) is 1. The zero-order valence-corrected chi connectivity index (χ0v) is 21.2. The van der Waals surface area contributed by atoms with Gasteiger partial charge in [0, 0.05) is 31.1 Å². The van der Waals surface area contributed by atoms with Gasteiger partial charge in [-0.3, -0.25) is 14.4 Å². The van der Waals surface area contributed by atoms with Crippen LogP contribution >= 0.6 is 0 Å². The highest BCUT2D eigenvalue weighted by Gasteiger charge is 2.34. The van der Waals surface area contributed by atoms with Crippen LogP contribution in [0.5, 0.6) is 11.5 Å². The van der Waals surface area contributed by atoms with Crippen LogP contribution in [0.4, 0.5) is 11.4 Å². The molecule has 3 amide bonds. The Hall–Kier alpha value is -4.20. The molecule has 0 unspecified atom stereocenters. The second-order valence-electron chi connectivity index (χ2n) is 9.09. The van der Waals surface area contributed by atoms with Crippen LogP contribution < -0.4 is 19.7 Å². The van der Waals surface area contributed by atoms with E-state index < -0.39 is 5.41 Å². The van der Waals surface area contributed by atoms with Gasteiger partial charge in [-0.2, -0.15) is 0 Å². The van der Waals surface area contributed by atoms with Crippen molar-refractivity contribution < 1.29 is 28.7 Å². The third kappa shape index (κ3) is 6.33. The van der Waals surface area contributed by atoms with Crippen LogP contribution in [0.15, 0.2) is 61.7 Å². The van der Waals surface area contributed by atoms with Gasteiger partial charge in [0.05, 0.1) is 11.4 Å². The summed E-state index contributed by atoms with van der Waals surface area (Å²) in [5, 5.41) is 2.83. The number of hydrogen-bond acceptors (Lipinski definition) is 6. The Morgan fingerprint density at radius 3 is 2.14 bits per heavy atom. The molecule has 0 atom stereocenters. The van der Waals surface area contributed by atoms with E-state index in [0.717, 1.165) is 11.1 Å². The van der Waals surface area contributed by atoms with Gasteiger partial charge in [0.15, 0.2) is 0 Å². The van der Waals surface area contributed by atoms with Crippen molar-refractivity contribution in [2.24, 2.45) is 0 Å². The number of nitrogens with one attached hydrogen (secondary N) is 1. The number of carbonyl (C=O) groups is 4. The topological polar surface area (TPSA) is 102 Å². The Bertz CT molecular complexity index is 1200. The molecule has 1 fully saturated rings. The van der Waals surface area contributed by atoms with Gasteiger partial charge in [-0.15, -0.1) is 0 Å². The Morgan fingerprint density at radius 2 is 1.54 bits per heavy atom. The minimum Gasteiger partial charge on any atom is -0.487 e. The van der Waals surface area contributed by atoms with Crippen LogP contribution in [-0.2, 0) is 24.6 Å². The molecule has 37 heavy (non-hydrogen) atoms. The summed E-state index contributed by atoms with van der Waals surface area (Å²) in [6.45, 7) is 11.8. The maximum atomic E-state index is 12.5. The van der Waals surface area contributed by atoms with Gasteiger partial charge in [0.2, 0.25) is 17.7 Å². The molecule has 0 radical (unpaired) electrons. The van der Waals surface area contributed by atoms with Crippen molar-refractivity contribution in [3.63, 3.8) is 0 Å². The van der Waals surface area contributed by atoms with Crippen LogP contribution in [0.3, 0.4) is 0 Å². The largest absolute Gasteiger partial charge is 0.487 e. The molecule has 0 bridgehead atoms. The third-order valence-corrected chi connectivity index (χ3v) is 6.15. The SMILES string of the molecule is C=CCOc1ccc(C(C)(C)c2ccc(OCC=C)c(N3C(=O)CCC3=O)c2)cc1NC(=O)CCC=O. The second kappa shape index (κ2) is 12.2. The molecule has 0 saturated carbocycles. The van der Waals surface area contributed by atoms with Gasteiger partial charge in [-0.1, -0.05) is 51.3 Å². The highest BCUT2D eigenvalue weighted by Crippen LogP contribution is 2.41. The molecule has 194 valence electrons. The number of ether oxygens (including phenoxy) is 2. The first kappa shape index (κ1) is 27.4. The molecule has 1 saturated heterocycles. The summed E-state index contributed by atoms with van der Waals surface area (Å²) in [5.41, 5.74) is 1.96. The van der Waals surface area contributed by atoms with Gasteiger partial charge in [-0.05, 0) is 35.4 Å². The number of amides is 3. The summed E-state index contributed by atoms with van der Waals surface area (Å²) in [6.07, 6.45) is 4.40. The van der Waals surface area contributed by atoms with Gasteiger partial charge in [-0.25, -0.2) is 4.90 Å². The molecule has 1 aliphatic heterocycles. The Morgan fingerprint density at radius 1 is 0.973 bits per heavy atom. The molecule has 8 nitrogen and oxygen atoms in total. The lowest BCUT2D eigenvalue weighted by molar-refractivity contribution is -0.121. The van der Waals surface area contributed by atoms with Gasteiger partial charge >= 0.3 is 0 Å². The molecule has 1 N–H and O–H groups in total. The zero-order chi connectivity index (χ0) is 27.0.